The summed E-state index contributed by atoms with van der Waals surface area (Å²) < 4.78 is 5.55. The lowest BCUT2D eigenvalue weighted by atomic mass is 10.3. The normalized spacial score (nSPS) is 15.0. The molecule has 6 heteroatoms. The van der Waals surface area contributed by atoms with Gasteiger partial charge in [-0.2, -0.15) is 0 Å². The summed E-state index contributed by atoms with van der Waals surface area (Å²) in [6.45, 7) is 6.10. The van der Waals surface area contributed by atoms with Crippen molar-refractivity contribution in [2.24, 2.45) is 0 Å². The molecular weight excluding hydrogens is 256 g/mol. The summed E-state index contributed by atoms with van der Waals surface area (Å²) in [5, 5.41) is 3.24. The molecule has 2 heterocycles. The zero-order valence-corrected chi connectivity index (χ0v) is 12.1. The SMILES string of the molecule is CCOc1cccnc1N(C)CC(=O)N1CCNCC1. The van der Waals surface area contributed by atoms with E-state index in [-0.39, 0.29) is 5.91 Å². The third-order valence-corrected chi connectivity index (χ3v) is 3.25. The quantitative estimate of drug-likeness (QED) is 0.842. The maximum atomic E-state index is 12.2. The van der Waals surface area contributed by atoms with Gasteiger partial charge in [0.1, 0.15) is 0 Å². The number of piperazine rings is 1. The minimum Gasteiger partial charge on any atom is -0.490 e. The minimum absolute atomic E-state index is 0.127. The Morgan fingerprint density at radius 2 is 2.25 bits per heavy atom. The van der Waals surface area contributed by atoms with Crippen LogP contribution < -0.4 is 15.0 Å². The number of hydrogen-bond donors (Lipinski definition) is 1. The molecule has 0 aliphatic carbocycles. The van der Waals surface area contributed by atoms with Crippen molar-refractivity contribution in [3.05, 3.63) is 18.3 Å². The third-order valence-electron chi connectivity index (χ3n) is 3.25. The van der Waals surface area contributed by atoms with Crippen LogP contribution in [0, 0.1) is 0 Å². The summed E-state index contributed by atoms with van der Waals surface area (Å²) in [6.07, 6.45) is 1.71. The van der Waals surface area contributed by atoms with Gasteiger partial charge in [0, 0.05) is 39.4 Å². The summed E-state index contributed by atoms with van der Waals surface area (Å²) >= 11 is 0. The van der Waals surface area contributed by atoms with E-state index in [2.05, 4.69) is 10.3 Å². The number of aromatic nitrogens is 1. The van der Waals surface area contributed by atoms with Crippen LogP contribution in [0.3, 0.4) is 0 Å². The van der Waals surface area contributed by atoms with E-state index in [1.165, 1.54) is 0 Å². The monoisotopic (exact) mass is 278 g/mol. The number of hydrogen-bond acceptors (Lipinski definition) is 5. The van der Waals surface area contributed by atoms with Crippen LogP contribution in [0.15, 0.2) is 18.3 Å². The average molecular weight is 278 g/mol. The molecule has 110 valence electrons. The van der Waals surface area contributed by atoms with E-state index in [9.17, 15) is 4.79 Å². The number of pyridine rings is 1. The van der Waals surface area contributed by atoms with E-state index in [4.69, 9.17) is 4.74 Å². The van der Waals surface area contributed by atoms with Gasteiger partial charge in [0.15, 0.2) is 11.6 Å². The van der Waals surface area contributed by atoms with Gasteiger partial charge in [-0.25, -0.2) is 4.98 Å². The average Bonchev–Trinajstić information content (AvgIpc) is 2.49. The number of amides is 1. The lowest BCUT2D eigenvalue weighted by molar-refractivity contribution is -0.130. The van der Waals surface area contributed by atoms with Crippen molar-refractivity contribution >= 4 is 11.7 Å². The van der Waals surface area contributed by atoms with Crippen molar-refractivity contribution in [1.29, 1.82) is 0 Å². The van der Waals surface area contributed by atoms with E-state index in [0.29, 0.717) is 24.7 Å². The third kappa shape index (κ3) is 3.60. The molecule has 0 radical (unpaired) electrons. The molecule has 1 fully saturated rings. The number of ether oxygens (including phenoxy) is 1. The Morgan fingerprint density at radius 3 is 2.95 bits per heavy atom. The molecule has 1 aromatic heterocycles. The number of carbonyl (C=O) groups excluding carboxylic acids is 1. The molecule has 0 spiro atoms. The van der Waals surface area contributed by atoms with Crippen LogP contribution >= 0.6 is 0 Å². The summed E-state index contributed by atoms with van der Waals surface area (Å²) in [5.41, 5.74) is 0. The van der Waals surface area contributed by atoms with Gasteiger partial charge in [-0.3, -0.25) is 4.79 Å². The topological polar surface area (TPSA) is 57.7 Å². The number of nitrogens with zero attached hydrogens (tertiary/aromatic N) is 3. The standard InChI is InChI=1S/C14H22N4O2/c1-3-20-12-5-4-6-16-14(12)17(2)11-13(19)18-9-7-15-8-10-18/h4-6,15H,3,7-11H2,1-2H3. The molecule has 0 saturated carbocycles. The summed E-state index contributed by atoms with van der Waals surface area (Å²) in [7, 11) is 1.87. The highest BCUT2D eigenvalue weighted by Crippen LogP contribution is 2.24. The largest absolute Gasteiger partial charge is 0.490 e. The molecule has 1 amide bonds. The summed E-state index contributed by atoms with van der Waals surface area (Å²) in [6, 6.07) is 3.71. The van der Waals surface area contributed by atoms with Gasteiger partial charge in [0.05, 0.1) is 13.2 Å². The second-order valence-corrected chi connectivity index (χ2v) is 4.75. The van der Waals surface area contributed by atoms with Crippen LogP contribution in [-0.4, -0.2) is 62.2 Å². The molecule has 0 bridgehead atoms. The van der Waals surface area contributed by atoms with E-state index in [1.807, 2.05) is 35.9 Å². The van der Waals surface area contributed by atoms with Gasteiger partial charge in [0.25, 0.3) is 0 Å². The van der Waals surface area contributed by atoms with Crippen molar-refractivity contribution in [3.63, 3.8) is 0 Å². The van der Waals surface area contributed by atoms with Crippen LogP contribution in [-0.2, 0) is 4.79 Å². The molecule has 6 nitrogen and oxygen atoms in total. The maximum absolute atomic E-state index is 12.2. The Hall–Kier alpha value is -1.82. The van der Waals surface area contributed by atoms with Crippen LogP contribution in [0.4, 0.5) is 5.82 Å². The first kappa shape index (κ1) is 14.6. The Bertz CT molecular complexity index is 447. The predicted molar refractivity (Wildman–Crippen MR) is 78.1 cm³/mol. The Morgan fingerprint density at radius 1 is 1.50 bits per heavy atom. The molecule has 1 aliphatic heterocycles. The van der Waals surface area contributed by atoms with Gasteiger partial charge >= 0.3 is 0 Å². The van der Waals surface area contributed by atoms with Crippen molar-refractivity contribution in [1.82, 2.24) is 15.2 Å². The van der Waals surface area contributed by atoms with Crippen molar-refractivity contribution < 1.29 is 9.53 Å². The smallest absolute Gasteiger partial charge is 0.242 e. The Labute approximate surface area is 119 Å². The molecule has 1 aliphatic rings. The first-order valence-electron chi connectivity index (χ1n) is 6.99. The highest BCUT2D eigenvalue weighted by Gasteiger charge is 2.19. The highest BCUT2D eigenvalue weighted by molar-refractivity contribution is 5.81. The van der Waals surface area contributed by atoms with Gasteiger partial charge < -0.3 is 19.9 Å². The molecule has 2 rings (SSSR count). The first-order valence-corrected chi connectivity index (χ1v) is 6.99. The van der Waals surface area contributed by atoms with Gasteiger partial charge in [-0.15, -0.1) is 0 Å². The minimum atomic E-state index is 0.127. The fourth-order valence-electron chi connectivity index (χ4n) is 2.23. The van der Waals surface area contributed by atoms with Crippen LogP contribution in [0.25, 0.3) is 0 Å². The molecule has 0 atom stereocenters. The number of nitrogens with one attached hydrogen (secondary N) is 1. The number of anilines is 1. The van der Waals surface area contributed by atoms with Gasteiger partial charge in [-0.05, 0) is 19.1 Å². The van der Waals surface area contributed by atoms with Crippen LogP contribution in [0.5, 0.6) is 5.75 Å². The zero-order chi connectivity index (χ0) is 14.4. The fourth-order valence-corrected chi connectivity index (χ4v) is 2.23. The van der Waals surface area contributed by atoms with Crippen molar-refractivity contribution in [2.75, 3.05) is 51.3 Å². The molecular formula is C14H22N4O2. The molecule has 20 heavy (non-hydrogen) atoms. The summed E-state index contributed by atoms with van der Waals surface area (Å²) in [4.78, 5) is 20.3. The second-order valence-electron chi connectivity index (χ2n) is 4.75. The lowest BCUT2D eigenvalue weighted by Crippen LogP contribution is -2.49. The summed E-state index contributed by atoms with van der Waals surface area (Å²) in [5.74, 6) is 1.55. The van der Waals surface area contributed by atoms with Gasteiger partial charge in [-0.1, -0.05) is 0 Å². The maximum Gasteiger partial charge on any atom is 0.242 e. The van der Waals surface area contributed by atoms with Crippen molar-refractivity contribution in [2.45, 2.75) is 6.92 Å². The number of likely N-dealkylation sites (N-methyl/N-ethyl adjacent to an activating group) is 1. The highest BCUT2D eigenvalue weighted by atomic mass is 16.5. The predicted octanol–water partition coefficient (Wildman–Crippen LogP) is 0.348. The lowest BCUT2D eigenvalue weighted by Gasteiger charge is -2.29. The van der Waals surface area contributed by atoms with Gasteiger partial charge in [0.2, 0.25) is 5.91 Å². The van der Waals surface area contributed by atoms with Crippen LogP contribution in [0.2, 0.25) is 0 Å². The number of carbonyl (C=O) groups is 1. The fraction of sp³-hybridized carbons (Fsp3) is 0.571. The first-order chi connectivity index (χ1) is 9.72. The van der Waals surface area contributed by atoms with Crippen molar-refractivity contribution in [3.8, 4) is 5.75 Å². The molecule has 0 unspecified atom stereocenters. The zero-order valence-electron chi connectivity index (χ0n) is 12.1. The Kier molecular flexibility index (Phi) is 5.17. The van der Waals surface area contributed by atoms with Crippen LogP contribution in [0.1, 0.15) is 6.92 Å². The molecule has 1 saturated heterocycles. The Balaban J connectivity index is 2.00. The molecule has 0 aromatic carbocycles. The van der Waals surface area contributed by atoms with E-state index in [1.54, 1.807) is 6.20 Å². The molecule has 1 aromatic rings. The van der Waals surface area contributed by atoms with E-state index >= 15 is 0 Å². The van der Waals surface area contributed by atoms with E-state index in [0.717, 1.165) is 26.2 Å². The number of rotatable bonds is 5. The molecule has 1 N–H and O–H groups in total. The van der Waals surface area contributed by atoms with E-state index < -0.39 is 0 Å². The second kappa shape index (κ2) is 7.09.